The fourth-order valence-electron chi connectivity index (χ4n) is 1.42. The van der Waals surface area contributed by atoms with Crippen molar-refractivity contribution >= 4 is 23.7 Å². The number of hydrogen-bond acceptors (Lipinski definition) is 4. The second kappa shape index (κ2) is 6.56. The highest BCUT2D eigenvalue weighted by Gasteiger charge is 2.24. The summed E-state index contributed by atoms with van der Waals surface area (Å²) >= 11 is 5.80. The topological polar surface area (TPSA) is 88.5 Å². The Kier molecular flexibility index (Phi) is 5.33. The molecule has 1 amide bonds. The van der Waals surface area contributed by atoms with Crippen molar-refractivity contribution in [2.75, 3.05) is 0 Å². The largest absolute Gasteiger partial charge is 0.480 e. The molecule has 0 fully saturated rings. The zero-order chi connectivity index (χ0) is 15.3. The molecule has 0 radical (unpaired) electrons. The number of carbonyl (C=O) groups excluding carboxylic acids is 1. The van der Waals surface area contributed by atoms with Crippen LogP contribution in [0.3, 0.4) is 0 Å². The first-order valence-electron chi connectivity index (χ1n) is 6.00. The maximum Gasteiger partial charge on any atom is 0.408 e. The number of amides is 1. The van der Waals surface area contributed by atoms with Crippen LogP contribution in [0, 0.1) is 0 Å². The highest BCUT2D eigenvalue weighted by molar-refractivity contribution is 6.30. The van der Waals surface area contributed by atoms with E-state index in [9.17, 15) is 9.59 Å². The van der Waals surface area contributed by atoms with E-state index in [1.54, 1.807) is 32.9 Å². The maximum absolute atomic E-state index is 11.6. The average molecular weight is 301 g/mol. The first-order chi connectivity index (χ1) is 9.17. The number of rotatable bonds is 4. The number of ether oxygens (including phenoxy) is 1. The van der Waals surface area contributed by atoms with E-state index in [0.29, 0.717) is 10.7 Å². The third-order valence-corrected chi connectivity index (χ3v) is 2.42. The van der Waals surface area contributed by atoms with Gasteiger partial charge in [0, 0.05) is 23.3 Å². The van der Waals surface area contributed by atoms with Crippen LogP contribution in [-0.2, 0) is 16.0 Å². The summed E-state index contributed by atoms with van der Waals surface area (Å²) in [5.74, 6) is -1.17. The third-order valence-electron chi connectivity index (χ3n) is 2.18. The molecule has 1 aromatic heterocycles. The normalized spacial score (nSPS) is 12.6. The van der Waals surface area contributed by atoms with Crippen LogP contribution < -0.4 is 5.32 Å². The van der Waals surface area contributed by atoms with Gasteiger partial charge < -0.3 is 15.2 Å². The predicted molar refractivity (Wildman–Crippen MR) is 73.7 cm³/mol. The number of carboxylic acids is 1. The summed E-state index contributed by atoms with van der Waals surface area (Å²) in [7, 11) is 0. The predicted octanol–water partition coefficient (Wildman–Crippen LogP) is 2.26. The lowest BCUT2D eigenvalue weighted by atomic mass is 10.1. The number of hydrogen-bond donors (Lipinski definition) is 2. The molecule has 0 aromatic carbocycles. The van der Waals surface area contributed by atoms with Gasteiger partial charge in [0.05, 0.1) is 0 Å². The van der Waals surface area contributed by atoms with E-state index in [4.69, 9.17) is 21.4 Å². The van der Waals surface area contributed by atoms with E-state index < -0.39 is 23.7 Å². The number of aromatic nitrogens is 1. The number of aliphatic carboxylic acids is 1. The lowest BCUT2D eigenvalue weighted by Crippen LogP contribution is -2.44. The molecular formula is C13H17ClN2O4. The van der Waals surface area contributed by atoms with Crippen LogP contribution in [-0.4, -0.2) is 33.8 Å². The standard InChI is InChI=1S/C13H17ClN2O4/c1-13(2,3)20-12(19)16-10(11(17)18)7-9-6-8(14)4-5-15-9/h4-6,10H,7H2,1-3H3,(H,16,19)(H,17,18)/t10-/m1/s1. The van der Waals surface area contributed by atoms with Gasteiger partial charge in [0.25, 0.3) is 0 Å². The summed E-state index contributed by atoms with van der Waals surface area (Å²) < 4.78 is 5.02. The Bertz CT molecular complexity index is 499. The fourth-order valence-corrected chi connectivity index (χ4v) is 1.60. The van der Waals surface area contributed by atoms with E-state index in [1.165, 1.54) is 6.20 Å². The highest BCUT2D eigenvalue weighted by atomic mass is 35.5. The van der Waals surface area contributed by atoms with E-state index in [0.717, 1.165) is 0 Å². The molecule has 2 N–H and O–H groups in total. The SMILES string of the molecule is CC(C)(C)OC(=O)N[C@H](Cc1cc(Cl)ccn1)C(=O)O. The molecule has 6 nitrogen and oxygen atoms in total. The van der Waals surface area contributed by atoms with Crippen LogP contribution in [0.2, 0.25) is 5.02 Å². The van der Waals surface area contributed by atoms with Crippen molar-refractivity contribution < 1.29 is 19.4 Å². The van der Waals surface area contributed by atoms with Gasteiger partial charge in [-0.2, -0.15) is 0 Å². The molecule has 1 atom stereocenters. The molecule has 0 saturated heterocycles. The second-order valence-electron chi connectivity index (χ2n) is 5.21. The minimum Gasteiger partial charge on any atom is -0.480 e. The van der Waals surface area contributed by atoms with Crippen molar-refractivity contribution in [2.24, 2.45) is 0 Å². The lowest BCUT2D eigenvalue weighted by Gasteiger charge is -2.21. The zero-order valence-corrected chi connectivity index (χ0v) is 12.3. The molecule has 1 aromatic rings. The van der Waals surface area contributed by atoms with Crippen molar-refractivity contribution in [1.29, 1.82) is 0 Å². The van der Waals surface area contributed by atoms with E-state index in [2.05, 4.69) is 10.3 Å². The van der Waals surface area contributed by atoms with Crippen LogP contribution in [0.25, 0.3) is 0 Å². The Labute approximate surface area is 122 Å². The molecular weight excluding hydrogens is 284 g/mol. The van der Waals surface area contributed by atoms with Crippen molar-refractivity contribution in [3.8, 4) is 0 Å². The van der Waals surface area contributed by atoms with Gasteiger partial charge in [-0.3, -0.25) is 4.98 Å². The Morgan fingerprint density at radius 3 is 2.65 bits per heavy atom. The fraction of sp³-hybridized carbons (Fsp3) is 0.462. The second-order valence-corrected chi connectivity index (χ2v) is 5.64. The van der Waals surface area contributed by atoms with E-state index in [-0.39, 0.29) is 6.42 Å². The number of alkyl carbamates (subject to hydrolysis) is 1. The summed E-state index contributed by atoms with van der Waals surface area (Å²) in [6.45, 7) is 5.09. The van der Waals surface area contributed by atoms with Gasteiger partial charge in [0.15, 0.2) is 0 Å². The minimum absolute atomic E-state index is 0.0230. The molecule has 0 aliphatic rings. The van der Waals surface area contributed by atoms with Crippen LogP contribution in [0.1, 0.15) is 26.5 Å². The molecule has 0 bridgehead atoms. The Hall–Kier alpha value is -1.82. The lowest BCUT2D eigenvalue weighted by molar-refractivity contribution is -0.139. The average Bonchev–Trinajstić information content (AvgIpc) is 2.25. The van der Waals surface area contributed by atoms with Crippen LogP contribution in [0.5, 0.6) is 0 Å². The number of nitrogens with one attached hydrogen (secondary N) is 1. The number of nitrogens with zero attached hydrogens (tertiary/aromatic N) is 1. The molecule has 0 aliphatic heterocycles. The highest BCUT2D eigenvalue weighted by Crippen LogP contribution is 2.11. The van der Waals surface area contributed by atoms with Crippen LogP contribution >= 0.6 is 11.6 Å². The summed E-state index contributed by atoms with van der Waals surface area (Å²) in [5, 5.41) is 11.9. The van der Waals surface area contributed by atoms with Gasteiger partial charge in [0.1, 0.15) is 11.6 Å². The van der Waals surface area contributed by atoms with Gasteiger partial charge in [-0.15, -0.1) is 0 Å². The Morgan fingerprint density at radius 2 is 2.15 bits per heavy atom. The minimum atomic E-state index is -1.17. The summed E-state index contributed by atoms with van der Waals surface area (Å²) in [6.07, 6.45) is 0.714. The molecule has 1 rings (SSSR count). The zero-order valence-electron chi connectivity index (χ0n) is 11.5. The van der Waals surface area contributed by atoms with Gasteiger partial charge in [-0.05, 0) is 32.9 Å². The molecule has 20 heavy (non-hydrogen) atoms. The van der Waals surface area contributed by atoms with Crippen molar-refractivity contribution in [2.45, 2.75) is 38.8 Å². The summed E-state index contributed by atoms with van der Waals surface area (Å²) in [5.41, 5.74) is -0.220. The van der Waals surface area contributed by atoms with Crippen LogP contribution in [0.4, 0.5) is 4.79 Å². The Balaban J connectivity index is 2.71. The van der Waals surface area contributed by atoms with Gasteiger partial charge in [0.2, 0.25) is 0 Å². The van der Waals surface area contributed by atoms with Gasteiger partial charge in [-0.25, -0.2) is 9.59 Å². The van der Waals surface area contributed by atoms with Crippen molar-refractivity contribution in [3.05, 3.63) is 29.0 Å². The van der Waals surface area contributed by atoms with Crippen LogP contribution in [0.15, 0.2) is 18.3 Å². The Morgan fingerprint density at radius 1 is 1.50 bits per heavy atom. The molecule has 1 heterocycles. The quantitative estimate of drug-likeness (QED) is 0.890. The number of halogens is 1. The molecule has 0 saturated carbocycles. The molecule has 7 heteroatoms. The smallest absolute Gasteiger partial charge is 0.408 e. The first-order valence-corrected chi connectivity index (χ1v) is 6.38. The van der Waals surface area contributed by atoms with Gasteiger partial charge in [-0.1, -0.05) is 11.6 Å². The van der Waals surface area contributed by atoms with E-state index >= 15 is 0 Å². The number of carbonyl (C=O) groups is 2. The summed E-state index contributed by atoms with van der Waals surface area (Å²) in [4.78, 5) is 26.8. The van der Waals surface area contributed by atoms with Crippen molar-refractivity contribution in [1.82, 2.24) is 10.3 Å². The first kappa shape index (κ1) is 16.2. The molecule has 0 unspecified atom stereocenters. The summed E-state index contributed by atoms with van der Waals surface area (Å²) in [6, 6.07) is 2.01. The third kappa shape index (κ3) is 5.88. The molecule has 0 spiro atoms. The monoisotopic (exact) mass is 300 g/mol. The molecule has 0 aliphatic carbocycles. The van der Waals surface area contributed by atoms with Gasteiger partial charge >= 0.3 is 12.1 Å². The molecule has 110 valence electrons. The van der Waals surface area contributed by atoms with Crippen molar-refractivity contribution in [3.63, 3.8) is 0 Å². The number of carboxylic acid groups (broad SMARTS) is 1. The van der Waals surface area contributed by atoms with E-state index in [1.807, 2.05) is 0 Å². The number of pyridine rings is 1. The maximum atomic E-state index is 11.6.